The highest BCUT2D eigenvalue weighted by Gasteiger charge is 2.32. The molecule has 0 aliphatic carbocycles. The standard InChI is InChI=1S/C17H14F3NO6/c1-4-26-17(24)11-10(16(23)25-3)7(2)27-15(11)21-14(22)8-5-6-9(18)13(20)12(8)19/h5-6H,4H2,1-3H3,(H,21,22). The summed E-state index contributed by atoms with van der Waals surface area (Å²) in [7, 11) is 1.07. The molecular formula is C17H14F3NO6. The number of carbonyl (C=O) groups is 3. The number of halogens is 3. The minimum absolute atomic E-state index is 0.0468. The van der Waals surface area contributed by atoms with E-state index in [1.54, 1.807) is 0 Å². The Morgan fingerprint density at radius 3 is 2.33 bits per heavy atom. The lowest BCUT2D eigenvalue weighted by Crippen LogP contribution is -2.18. The van der Waals surface area contributed by atoms with E-state index in [1.165, 1.54) is 13.8 Å². The van der Waals surface area contributed by atoms with Crippen molar-refractivity contribution in [2.24, 2.45) is 0 Å². The molecule has 2 aromatic rings. The zero-order valence-electron chi connectivity index (χ0n) is 14.4. The van der Waals surface area contributed by atoms with Crippen LogP contribution in [0.3, 0.4) is 0 Å². The van der Waals surface area contributed by atoms with Crippen molar-refractivity contribution >= 4 is 23.7 Å². The molecule has 10 heteroatoms. The molecule has 0 radical (unpaired) electrons. The van der Waals surface area contributed by atoms with Gasteiger partial charge in [0.1, 0.15) is 16.9 Å². The van der Waals surface area contributed by atoms with Gasteiger partial charge in [-0.25, -0.2) is 22.8 Å². The van der Waals surface area contributed by atoms with Gasteiger partial charge in [-0.2, -0.15) is 0 Å². The quantitative estimate of drug-likeness (QED) is 0.627. The highest BCUT2D eigenvalue weighted by Crippen LogP contribution is 2.29. The fraction of sp³-hybridized carbons (Fsp3) is 0.235. The average Bonchev–Trinajstić information content (AvgIpc) is 2.95. The van der Waals surface area contributed by atoms with Crippen LogP contribution in [0.4, 0.5) is 19.1 Å². The molecule has 1 amide bonds. The van der Waals surface area contributed by atoms with Crippen molar-refractivity contribution < 1.29 is 41.4 Å². The van der Waals surface area contributed by atoms with Crippen LogP contribution in [0.2, 0.25) is 0 Å². The third-order valence-electron chi connectivity index (χ3n) is 3.46. The van der Waals surface area contributed by atoms with Crippen molar-refractivity contribution in [3.8, 4) is 0 Å². The Labute approximate surface area is 151 Å². The third kappa shape index (κ3) is 3.78. The first-order chi connectivity index (χ1) is 12.7. The van der Waals surface area contributed by atoms with Crippen LogP contribution in [-0.2, 0) is 9.47 Å². The molecule has 27 heavy (non-hydrogen) atoms. The molecule has 1 aromatic heterocycles. The number of amides is 1. The van der Waals surface area contributed by atoms with Crippen molar-refractivity contribution in [2.75, 3.05) is 19.0 Å². The Morgan fingerprint density at radius 2 is 1.74 bits per heavy atom. The maximum Gasteiger partial charge on any atom is 0.344 e. The fourth-order valence-electron chi connectivity index (χ4n) is 2.25. The summed E-state index contributed by atoms with van der Waals surface area (Å²) in [4.78, 5) is 36.3. The Morgan fingerprint density at radius 1 is 1.07 bits per heavy atom. The lowest BCUT2D eigenvalue weighted by atomic mass is 10.1. The van der Waals surface area contributed by atoms with E-state index in [1.807, 2.05) is 0 Å². The van der Waals surface area contributed by atoms with Gasteiger partial charge in [-0.1, -0.05) is 0 Å². The molecule has 0 aliphatic heterocycles. The number of anilines is 1. The molecule has 0 bridgehead atoms. The van der Waals surface area contributed by atoms with E-state index in [2.05, 4.69) is 10.1 Å². The zero-order valence-corrected chi connectivity index (χ0v) is 14.4. The number of benzene rings is 1. The molecule has 0 unspecified atom stereocenters. The number of rotatable bonds is 5. The number of methoxy groups -OCH3 is 1. The van der Waals surface area contributed by atoms with E-state index < -0.39 is 52.3 Å². The second-order valence-electron chi connectivity index (χ2n) is 5.13. The Hall–Kier alpha value is -3.30. The minimum Gasteiger partial charge on any atom is -0.465 e. The predicted octanol–water partition coefficient (Wildman–Crippen LogP) is 3.22. The van der Waals surface area contributed by atoms with Crippen LogP contribution in [0.1, 0.15) is 43.8 Å². The topological polar surface area (TPSA) is 94.8 Å². The number of aryl methyl sites for hydroxylation is 1. The van der Waals surface area contributed by atoms with E-state index in [0.717, 1.165) is 7.11 Å². The number of hydrogen-bond donors (Lipinski definition) is 1. The number of nitrogens with one attached hydrogen (secondary N) is 1. The van der Waals surface area contributed by atoms with Gasteiger partial charge >= 0.3 is 11.9 Å². The summed E-state index contributed by atoms with van der Waals surface area (Å²) in [6, 6.07) is 1.27. The summed E-state index contributed by atoms with van der Waals surface area (Å²) in [6.45, 7) is 2.79. The summed E-state index contributed by atoms with van der Waals surface area (Å²) < 4.78 is 54.7. The molecule has 144 valence electrons. The first-order valence-electron chi connectivity index (χ1n) is 7.56. The number of hydrogen-bond acceptors (Lipinski definition) is 6. The number of esters is 2. The fourth-order valence-corrected chi connectivity index (χ4v) is 2.25. The maximum absolute atomic E-state index is 13.8. The van der Waals surface area contributed by atoms with Gasteiger partial charge in [0, 0.05) is 0 Å². The molecule has 1 N–H and O–H groups in total. The molecule has 2 rings (SSSR count). The van der Waals surface area contributed by atoms with Gasteiger partial charge in [-0.05, 0) is 26.0 Å². The summed E-state index contributed by atoms with van der Waals surface area (Å²) in [6.07, 6.45) is 0. The molecule has 0 spiro atoms. The molecule has 1 heterocycles. The van der Waals surface area contributed by atoms with E-state index in [0.29, 0.717) is 12.1 Å². The van der Waals surface area contributed by atoms with Crippen molar-refractivity contribution in [3.05, 3.63) is 52.0 Å². The lowest BCUT2D eigenvalue weighted by molar-refractivity contribution is 0.0506. The molecule has 0 atom stereocenters. The van der Waals surface area contributed by atoms with Crippen molar-refractivity contribution in [1.82, 2.24) is 0 Å². The molecule has 0 aliphatic rings. The van der Waals surface area contributed by atoms with Crippen LogP contribution >= 0.6 is 0 Å². The summed E-state index contributed by atoms with van der Waals surface area (Å²) in [5.41, 5.74) is -1.58. The average molecular weight is 385 g/mol. The normalized spacial score (nSPS) is 10.4. The Balaban J connectivity index is 2.50. The number of carbonyl (C=O) groups excluding carboxylic acids is 3. The largest absolute Gasteiger partial charge is 0.465 e. The van der Waals surface area contributed by atoms with Gasteiger partial charge in [0.05, 0.1) is 19.3 Å². The first-order valence-corrected chi connectivity index (χ1v) is 7.56. The van der Waals surface area contributed by atoms with Crippen LogP contribution in [0.5, 0.6) is 0 Å². The summed E-state index contributed by atoms with van der Waals surface area (Å²) >= 11 is 0. The number of ether oxygens (including phenoxy) is 2. The minimum atomic E-state index is -1.83. The smallest absolute Gasteiger partial charge is 0.344 e. The SMILES string of the molecule is CCOC(=O)c1c(NC(=O)c2ccc(F)c(F)c2F)oc(C)c1C(=O)OC. The van der Waals surface area contributed by atoms with Gasteiger partial charge < -0.3 is 13.9 Å². The van der Waals surface area contributed by atoms with Crippen LogP contribution in [0.15, 0.2) is 16.5 Å². The van der Waals surface area contributed by atoms with Gasteiger partial charge in [-0.3, -0.25) is 10.1 Å². The molecule has 0 fully saturated rings. The Kier molecular flexibility index (Phi) is 5.88. The monoisotopic (exact) mass is 385 g/mol. The van der Waals surface area contributed by atoms with Crippen molar-refractivity contribution in [2.45, 2.75) is 13.8 Å². The second kappa shape index (κ2) is 7.94. The van der Waals surface area contributed by atoms with E-state index in [-0.39, 0.29) is 17.9 Å². The summed E-state index contributed by atoms with van der Waals surface area (Å²) in [5, 5.41) is 2.05. The van der Waals surface area contributed by atoms with E-state index in [9.17, 15) is 27.6 Å². The summed E-state index contributed by atoms with van der Waals surface area (Å²) in [5.74, 6) is -8.80. The molecule has 1 aromatic carbocycles. The third-order valence-corrected chi connectivity index (χ3v) is 3.46. The highest BCUT2D eigenvalue weighted by atomic mass is 19.2. The number of furan rings is 1. The van der Waals surface area contributed by atoms with Crippen LogP contribution in [0.25, 0.3) is 0 Å². The van der Waals surface area contributed by atoms with Gasteiger partial charge in [-0.15, -0.1) is 0 Å². The molecule has 7 nitrogen and oxygen atoms in total. The van der Waals surface area contributed by atoms with Crippen molar-refractivity contribution in [1.29, 1.82) is 0 Å². The van der Waals surface area contributed by atoms with Gasteiger partial charge in [0.2, 0.25) is 5.88 Å². The van der Waals surface area contributed by atoms with E-state index in [4.69, 9.17) is 9.15 Å². The molecule has 0 saturated carbocycles. The molecular weight excluding hydrogens is 371 g/mol. The predicted molar refractivity (Wildman–Crippen MR) is 85.0 cm³/mol. The van der Waals surface area contributed by atoms with Gasteiger partial charge in [0.15, 0.2) is 17.5 Å². The van der Waals surface area contributed by atoms with E-state index >= 15 is 0 Å². The van der Waals surface area contributed by atoms with Crippen molar-refractivity contribution in [3.63, 3.8) is 0 Å². The highest BCUT2D eigenvalue weighted by molar-refractivity contribution is 6.11. The van der Waals surface area contributed by atoms with Crippen LogP contribution in [0, 0.1) is 24.4 Å². The maximum atomic E-state index is 13.8. The van der Waals surface area contributed by atoms with Crippen LogP contribution < -0.4 is 5.32 Å². The van der Waals surface area contributed by atoms with Gasteiger partial charge in [0.25, 0.3) is 5.91 Å². The zero-order chi connectivity index (χ0) is 20.3. The van der Waals surface area contributed by atoms with Crippen LogP contribution in [-0.4, -0.2) is 31.6 Å². The Bertz CT molecular complexity index is 922. The second-order valence-corrected chi connectivity index (χ2v) is 5.13. The lowest BCUT2D eigenvalue weighted by Gasteiger charge is -2.07. The molecule has 0 saturated heterocycles. The first kappa shape index (κ1) is 20.0.